The van der Waals surface area contributed by atoms with Crippen molar-refractivity contribution in [1.29, 1.82) is 0 Å². The number of amides is 1. The quantitative estimate of drug-likeness (QED) is 0.807. The highest BCUT2D eigenvalue weighted by atomic mass is 16.5. The maximum absolute atomic E-state index is 11.7. The van der Waals surface area contributed by atoms with Gasteiger partial charge in [-0.1, -0.05) is 6.07 Å². The van der Waals surface area contributed by atoms with E-state index in [0.29, 0.717) is 12.2 Å². The summed E-state index contributed by atoms with van der Waals surface area (Å²) in [6, 6.07) is 5.32. The van der Waals surface area contributed by atoms with Crippen LogP contribution in [0.15, 0.2) is 24.4 Å². The predicted molar refractivity (Wildman–Crippen MR) is 63.8 cm³/mol. The van der Waals surface area contributed by atoms with E-state index in [4.69, 9.17) is 4.74 Å². The van der Waals surface area contributed by atoms with Crippen molar-refractivity contribution in [1.82, 2.24) is 15.2 Å². The van der Waals surface area contributed by atoms with Crippen molar-refractivity contribution in [2.24, 2.45) is 0 Å². The maximum Gasteiger partial charge on any atom is 0.269 e. The van der Waals surface area contributed by atoms with Crippen LogP contribution in [0.25, 0.3) is 0 Å². The lowest BCUT2D eigenvalue weighted by Gasteiger charge is -2.26. The summed E-state index contributed by atoms with van der Waals surface area (Å²) in [5.41, 5.74) is 0.467. The van der Waals surface area contributed by atoms with Crippen molar-refractivity contribution in [2.75, 3.05) is 39.4 Å². The van der Waals surface area contributed by atoms with E-state index < -0.39 is 0 Å². The molecule has 0 aliphatic carbocycles. The van der Waals surface area contributed by atoms with E-state index in [1.165, 1.54) is 0 Å². The van der Waals surface area contributed by atoms with Gasteiger partial charge in [0.15, 0.2) is 0 Å². The molecule has 92 valence electrons. The smallest absolute Gasteiger partial charge is 0.269 e. The molecule has 0 unspecified atom stereocenters. The molecule has 5 heteroatoms. The van der Waals surface area contributed by atoms with Crippen LogP contribution >= 0.6 is 0 Å². The third-order valence-corrected chi connectivity index (χ3v) is 2.71. The molecule has 1 aromatic rings. The summed E-state index contributed by atoms with van der Waals surface area (Å²) in [6.07, 6.45) is 1.62. The van der Waals surface area contributed by atoms with E-state index in [1.807, 2.05) is 6.07 Å². The molecule has 0 radical (unpaired) electrons. The number of nitrogens with one attached hydrogen (secondary N) is 1. The minimum Gasteiger partial charge on any atom is -0.379 e. The SMILES string of the molecule is O=C(NCCN1CCOCC1)c1ccccn1. The highest BCUT2D eigenvalue weighted by Crippen LogP contribution is 1.96. The molecule has 1 aliphatic heterocycles. The first-order valence-electron chi connectivity index (χ1n) is 5.85. The van der Waals surface area contributed by atoms with Crippen molar-refractivity contribution in [2.45, 2.75) is 0 Å². The van der Waals surface area contributed by atoms with Crippen molar-refractivity contribution in [3.8, 4) is 0 Å². The number of nitrogens with zero attached hydrogens (tertiary/aromatic N) is 2. The summed E-state index contributed by atoms with van der Waals surface area (Å²) >= 11 is 0. The third kappa shape index (κ3) is 3.80. The number of hydrogen-bond donors (Lipinski definition) is 1. The first-order valence-corrected chi connectivity index (χ1v) is 5.85. The molecule has 0 aromatic carbocycles. The molecule has 1 fully saturated rings. The number of carbonyl (C=O) groups excluding carboxylic acids is 1. The van der Waals surface area contributed by atoms with E-state index in [2.05, 4.69) is 15.2 Å². The summed E-state index contributed by atoms with van der Waals surface area (Å²) in [6.45, 7) is 4.97. The summed E-state index contributed by atoms with van der Waals surface area (Å²) in [5.74, 6) is -0.112. The standard InChI is InChI=1S/C12H17N3O2/c16-12(11-3-1-2-4-13-11)14-5-6-15-7-9-17-10-8-15/h1-4H,5-10H2,(H,14,16). The zero-order chi connectivity index (χ0) is 11.9. The maximum atomic E-state index is 11.7. The molecule has 0 atom stereocenters. The minimum absolute atomic E-state index is 0.112. The molecule has 17 heavy (non-hydrogen) atoms. The fourth-order valence-corrected chi connectivity index (χ4v) is 1.74. The van der Waals surface area contributed by atoms with Crippen LogP contribution in [0.3, 0.4) is 0 Å². The van der Waals surface area contributed by atoms with Gasteiger partial charge in [-0.05, 0) is 12.1 Å². The first kappa shape index (κ1) is 12.0. The molecule has 0 spiro atoms. The zero-order valence-electron chi connectivity index (χ0n) is 9.76. The van der Waals surface area contributed by atoms with E-state index in [9.17, 15) is 4.79 Å². The van der Waals surface area contributed by atoms with Crippen LogP contribution < -0.4 is 5.32 Å². The monoisotopic (exact) mass is 235 g/mol. The van der Waals surface area contributed by atoms with Crippen LogP contribution in [-0.2, 0) is 4.74 Å². The Kier molecular flexibility index (Phi) is 4.46. The molecule has 1 aromatic heterocycles. The van der Waals surface area contributed by atoms with Crippen LogP contribution in [-0.4, -0.2) is 55.2 Å². The second kappa shape index (κ2) is 6.32. The van der Waals surface area contributed by atoms with Gasteiger partial charge in [-0.25, -0.2) is 0 Å². The minimum atomic E-state index is -0.112. The van der Waals surface area contributed by atoms with Crippen molar-refractivity contribution >= 4 is 5.91 Å². The summed E-state index contributed by atoms with van der Waals surface area (Å²) in [4.78, 5) is 17.9. The molecule has 0 saturated carbocycles. The van der Waals surface area contributed by atoms with Gasteiger partial charge >= 0.3 is 0 Å². The summed E-state index contributed by atoms with van der Waals surface area (Å²) < 4.78 is 5.26. The Hall–Kier alpha value is -1.46. The Balaban J connectivity index is 1.69. The van der Waals surface area contributed by atoms with Crippen LogP contribution in [0.2, 0.25) is 0 Å². The van der Waals surface area contributed by atoms with Crippen LogP contribution in [0.5, 0.6) is 0 Å². The van der Waals surface area contributed by atoms with Crippen molar-refractivity contribution in [3.05, 3.63) is 30.1 Å². The molecule has 5 nitrogen and oxygen atoms in total. The highest BCUT2D eigenvalue weighted by Gasteiger charge is 2.10. The van der Waals surface area contributed by atoms with E-state index in [0.717, 1.165) is 32.8 Å². The lowest BCUT2D eigenvalue weighted by atomic mass is 10.3. The number of aromatic nitrogens is 1. The molecule has 1 N–H and O–H groups in total. The summed E-state index contributed by atoms with van der Waals surface area (Å²) in [7, 11) is 0. The third-order valence-electron chi connectivity index (χ3n) is 2.71. The van der Waals surface area contributed by atoms with Gasteiger partial charge < -0.3 is 10.1 Å². The van der Waals surface area contributed by atoms with Gasteiger partial charge in [0.05, 0.1) is 13.2 Å². The number of morpholine rings is 1. The van der Waals surface area contributed by atoms with Crippen molar-refractivity contribution in [3.63, 3.8) is 0 Å². The molecule has 2 heterocycles. The second-order valence-electron chi connectivity index (χ2n) is 3.92. The Morgan fingerprint density at radius 3 is 2.94 bits per heavy atom. The number of pyridine rings is 1. The topological polar surface area (TPSA) is 54.5 Å². The van der Waals surface area contributed by atoms with E-state index in [1.54, 1.807) is 18.3 Å². The molecule has 1 saturated heterocycles. The Bertz CT molecular complexity index is 350. The molecular formula is C12H17N3O2. The number of rotatable bonds is 4. The van der Waals surface area contributed by atoms with Crippen LogP contribution in [0, 0.1) is 0 Å². The zero-order valence-corrected chi connectivity index (χ0v) is 9.76. The Morgan fingerprint density at radius 2 is 2.24 bits per heavy atom. The first-order chi connectivity index (χ1) is 8.36. The average Bonchev–Trinajstić information content (AvgIpc) is 2.41. The molecule has 2 rings (SSSR count). The number of ether oxygens (including phenoxy) is 1. The van der Waals surface area contributed by atoms with Crippen molar-refractivity contribution < 1.29 is 9.53 Å². The lowest BCUT2D eigenvalue weighted by molar-refractivity contribution is 0.0383. The van der Waals surface area contributed by atoms with E-state index >= 15 is 0 Å². The molecule has 0 bridgehead atoms. The van der Waals surface area contributed by atoms with Gasteiger partial charge in [-0.2, -0.15) is 0 Å². The van der Waals surface area contributed by atoms with Gasteiger partial charge in [0.25, 0.3) is 5.91 Å². The Morgan fingerprint density at radius 1 is 1.41 bits per heavy atom. The van der Waals surface area contributed by atoms with Gasteiger partial charge in [0.2, 0.25) is 0 Å². The molecular weight excluding hydrogens is 218 g/mol. The average molecular weight is 235 g/mol. The Labute approximate surface area is 101 Å². The number of carbonyl (C=O) groups is 1. The largest absolute Gasteiger partial charge is 0.379 e. The number of hydrogen-bond acceptors (Lipinski definition) is 4. The second-order valence-corrected chi connectivity index (χ2v) is 3.92. The fraction of sp³-hybridized carbons (Fsp3) is 0.500. The van der Waals surface area contributed by atoms with Gasteiger partial charge in [-0.3, -0.25) is 14.7 Å². The highest BCUT2D eigenvalue weighted by molar-refractivity contribution is 5.92. The predicted octanol–water partition coefficient (Wildman–Crippen LogP) is 0.144. The normalized spacial score (nSPS) is 16.7. The van der Waals surface area contributed by atoms with Gasteiger partial charge in [0.1, 0.15) is 5.69 Å². The lowest BCUT2D eigenvalue weighted by Crippen LogP contribution is -2.41. The van der Waals surface area contributed by atoms with E-state index in [-0.39, 0.29) is 5.91 Å². The van der Waals surface area contributed by atoms with Crippen LogP contribution in [0.1, 0.15) is 10.5 Å². The van der Waals surface area contributed by atoms with Crippen LogP contribution in [0.4, 0.5) is 0 Å². The fourth-order valence-electron chi connectivity index (χ4n) is 1.74. The van der Waals surface area contributed by atoms with Gasteiger partial charge in [-0.15, -0.1) is 0 Å². The van der Waals surface area contributed by atoms with Gasteiger partial charge in [0, 0.05) is 32.4 Å². The summed E-state index contributed by atoms with van der Waals surface area (Å²) in [5, 5.41) is 2.86. The molecule has 1 amide bonds. The molecule has 1 aliphatic rings.